The minimum Gasteiger partial charge on any atom is -0.445 e. The highest BCUT2D eigenvalue weighted by Crippen LogP contribution is 2.26. The highest BCUT2D eigenvalue weighted by atomic mass is 16.5. The molecule has 1 aliphatic rings. The number of amides is 2. The van der Waals surface area contributed by atoms with Crippen LogP contribution in [0.4, 0.5) is 4.79 Å². The van der Waals surface area contributed by atoms with E-state index >= 15 is 0 Å². The molecular formula is C21H33N3O4. The molecule has 0 bridgehead atoms. The van der Waals surface area contributed by atoms with Crippen LogP contribution in [0.25, 0.3) is 0 Å². The second-order valence-electron chi connectivity index (χ2n) is 8.44. The van der Waals surface area contributed by atoms with Crippen LogP contribution in [0.15, 0.2) is 30.3 Å². The second-order valence-corrected chi connectivity index (χ2v) is 8.44. The SMILES string of the molecule is CC(C)(C)N[C@@H]1CC[C@H](NC(=O)CNC(=O)OCc2ccccc2)[C@H](CO)C1. The third kappa shape index (κ3) is 7.86. The molecule has 7 nitrogen and oxygen atoms in total. The Labute approximate surface area is 167 Å². The largest absolute Gasteiger partial charge is 0.445 e. The molecule has 0 aliphatic heterocycles. The summed E-state index contributed by atoms with van der Waals surface area (Å²) in [5.74, 6) is -0.273. The van der Waals surface area contributed by atoms with E-state index < -0.39 is 6.09 Å². The maximum absolute atomic E-state index is 12.2. The number of hydrogen-bond acceptors (Lipinski definition) is 5. The molecule has 1 fully saturated rings. The van der Waals surface area contributed by atoms with Gasteiger partial charge < -0.3 is 25.8 Å². The van der Waals surface area contributed by atoms with Gasteiger partial charge in [0.2, 0.25) is 5.91 Å². The Bertz CT molecular complexity index is 630. The molecule has 0 spiro atoms. The molecule has 3 atom stereocenters. The van der Waals surface area contributed by atoms with Crippen LogP contribution < -0.4 is 16.0 Å². The molecule has 1 aromatic rings. The molecule has 7 heteroatoms. The fourth-order valence-electron chi connectivity index (χ4n) is 3.58. The molecule has 156 valence electrons. The Morgan fingerprint density at radius 3 is 2.54 bits per heavy atom. The van der Waals surface area contributed by atoms with Crippen molar-refractivity contribution in [3.63, 3.8) is 0 Å². The van der Waals surface area contributed by atoms with Crippen LogP contribution in [0.5, 0.6) is 0 Å². The van der Waals surface area contributed by atoms with E-state index in [1.165, 1.54) is 0 Å². The standard InChI is InChI=1S/C21H33N3O4/c1-21(2,3)24-17-9-10-18(16(11-17)13-25)23-19(26)12-22-20(27)28-14-15-7-5-4-6-8-15/h4-8,16-18,24-25H,9-14H2,1-3H3,(H,22,27)(H,23,26)/t16-,17+,18-/m0/s1. The maximum atomic E-state index is 12.2. The zero-order valence-electron chi connectivity index (χ0n) is 17.0. The van der Waals surface area contributed by atoms with Gasteiger partial charge in [-0.05, 0) is 45.6 Å². The Hall–Kier alpha value is -2.12. The highest BCUT2D eigenvalue weighted by molar-refractivity contribution is 5.82. The Kier molecular flexibility index (Phi) is 8.26. The minimum absolute atomic E-state index is 0.00239. The van der Waals surface area contributed by atoms with E-state index in [9.17, 15) is 14.7 Å². The molecule has 2 rings (SSSR count). The van der Waals surface area contributed by atoms with Crippen LogP contribution in [-0.4, -0.2) is 47.9 Å². The molecule has 2 amide bonds. The van der Waals surface area contributed by atoms with Crippen molar-refractivity contribution >= 4 is 12.0 Å². The first kappa shape index (κ1) is 22.2. The first-order chi connectivity index (χ1) is 13.3. The van der Waals surface area contributed by atoms with E-state index in [2.05, 4.69) is 36.7 Å². The molecule has 0 aromatic heterocycles. The van der Waals surface area contributed by atoms with Gasteiger partial charge in [0.25, 0.3) is 0 Å². The van der Waals surface area contributed by atoms with Gasteiger partial charge in [0.1, 0.15) is 13.2 Å². The van der Waals surface area contributed by atoms with Crippen molar-refractivity contribution in [2.24, 2.45) is 5.92 Å². The molecule has 0 unspecified atom stereocenters. The van der Waals surface area contributed by atoms with E-state index in [1.807, 2.05) is 30.3 Å². The zero-order chi connectivity index (χ0) is 20.6. The summed E-state index contributed by atoms with van der Waals surface area (Å²) in [6, 6.07) is 9.59. The van der Waals surface area contributed by atoms with E-state index in [0.717, 1.165) is 24.8 Å². The summed E-state index contributed by atoms with van der Waals surface area (Å²) in [4.78, 5) is 23.9. The smallest absolute Gasteiger partial charge is 0.407 e. The molecule has 0 radical (unpaired) electrons. The maximum Gasteiger partial charge on any atom is 0.407 e. The van der Waals surface area contributed by atoms with Gasteiger partial charge in [0, 0.05) is 30.1 Å². The average molecular weight is 392 g/mol. The first-order valence-corrected chi connectivity index (χ1v) is 9.89. The first-order valence-electron chi connectivity index (χ1n) is 9.89. The molecular weight excluding hydrogens is 358 g/mol. The van der Waals surface area contributed by atoms with Gasteiger partial charge in [0.05, 0.1) is 0 Å². The summed E-state index contributed by atoms with van der Waals surface area (Å²) in [7, 11) is 0. The van der Waals surface area contributed by atoms with Crippen molar-refractivity contribution in [2.75, 3.05) is 13.2 Å². The molecule has 1 aromatic carbocycles. The van der Waals surface area contributed by atoms with Gasteiger partial charge in [-0.15, -0.1) is 0 Å². The monoisotopic (exact) mass is 391 g/mol. The Morgan fingerprint density at radius 2 is 1.89 bits per heavy atom. The number of ether oxygens (including phenoxy) is 1. The van der Waals surface area contributed by atoms with Gasteiger partial charge >= 0.3 is 6.09 Å². The lowest BCUT2D eigenvalue weighted by Crippen LogP contribution is -2.53. The van der Waals surface area contributed by atoms with Gasteiger partial charge in [-0.2, -0.15) is 0 Å². The van der Waals surface area contributed by atoms with E-state index in [4.69, 9.17) is 4.74 Å². The average Bonchev–Trinajstić information content (AvgIpc) is 2.65. The lowest BCUT2D eigenvalue weighted by molar-refractivity contribution is -0.121. The van der Waals surface area contributed by atoms with Crippen molar-refractivity contribution in [1.29, 1.82) is 0 Å². The zero-order valence-corrected chi connectivity index (χ0v) is 17.0. The summed E-state index contributed by atoms with van der Waals surface area (Å²) in [6.07, 6.45) is 1.91. The van der Waals surface area contributed by atoms with Crippen molar-refractivity contribution in [2.45, 2.75) is 64.3 Å². The van der Waals surface area contributed by atoms with Crippen molar-refractivity contribution in [1.82, 2.24) is 16.0 Å². The highest BCUT2D eigenvalue weighted by Gasteiger charge is 2.32. The number of benzene rings is 1. The van der Waals surface area contributed by atoms with Crippen LogP contribution in [0.1, 0.15) is 45.6 Å². The normalized spacial score (nSPS) is 22.4. The quantitative estimate of drug-likeness (QED) is 0.569. The molecule has 1 aliphatic carbocycles. The minimum atomic E-state index is -0.629. The van der Waals surface area contributed by atoms with Gasteiger partial charge in [-0.25, -0.2) is 4.79 Å². The number of rotatable bonds is 7. The van der Waals surface area contributed by atoms with Gasteiger partial charge in [-0.3, -0.25) is 4.79 Å². The number of hydrogen-bond donors (Lipinski definition) is 4. The number of carbonyl (C=O) groups is 2. The van der Waals surface area contributed by atoms with Gasteiger partial charge in [0.15, 0.2) is 0 Å². The number of nitrogens with one attached hydrogen (secondary N) is 3. The molecule has 28 heavy (non-hydrogen) atoms. The molecule has 4 N–H and O–H groups in total. The van der Waals surface area contributed by atoms with E-state index in [1.54, 1.807) is 0 Å². The number of aliphatic hydroxyl groups excluding tert-OH is 1. The summed E-state index contributed by atoms with van der Waals surface area (Å²) in [5.41, 5.74) is 0.902. The van der Waals surface area contributed by atoms with Crippen LogP contribution in [0.3, 0.4) is 0 Å². The predicted molar refractivity (Wildman–Crippen MR) is 108 cm³/mol. The fraction of sp³-hybridized carbons (Fsp3) is 0.619. The lowest BCUT2D eigenvalue weighted by Gasteiger charge is -2.39. The molecule has 1 saturated carbocycles. The van der Waals surface area contributed by atoms with Crippen molar-refractivity contribution < 1.29 is 19.4 Å². The second kappa shape index (κ2) is 10.4. The predicted octanol–water partition coefficient (Wildman–Crippen LogP) is 1.95. The van der Waals surface area contributed by atoms with E-state index in [-0.39, 0.29) is 43.2 Å². The van der Waals surface area contributed by atoms with Gasteiger partial charge in [-0.1, -0.05) is 30.3 Å². The Balaban J connectivity index is 1.71. The van der Waals surface area contributed by atoms with Crippen molar-refractivity contribution in [3.05, 3.63) is 35.9 Å². The topological polar surface area (TPSA) is 99.7 Å². The van der Waals surface area contributed by atoms with Crippen LogP contribution >= 0.6 is 0 Å². The van der Waals surface area contributed by atoms with Crippen molar-refractivity contribution in [3.8, 4) is 0 Å². The summed E-state index contributed by atoms with van der Waals surface area (Å²) < 4.78 is 5.09. The summed E-state index contributed by atoms with van der Waals surface area (Å²) in [6.45, 7) is 6.41. The summed E-state index contributed by atoms with van der Waals surface area (Å²) in [5, 5.41) is 18.7. The van der Waals surface area contributed by atoms with Crippen LogP contribution in [0.2, 0.25) is 0 Å². The number of alkyl carbamates (subject to hydrolysis) is 1. The lowest BCUT2D eigenvalue weighted by atomic mass is 9.81. The van der Waals surface area contributed by atoms with Crippen LogP contribution in [0, 0.1) is 5.92 Å². The van der Waals surface area contributed by atoms with E-state index in [0.29, 0.717) is 6.04 Å². The molecule has 0 saturated heterocycles. The fourth-order valence-corrected chi connectivity index (χ4v) is 3.58. The summed E-state index contributed by atoms with van der Waals surface area (Å²) >= 11 is 0. The number of aliphatic hydroxyl groups is 1. The van der Waals surface area contributed by atoms with Crippen LogP contribution in [-0.2, 0) is 16.1 Å². The Morgan fingerprint density at radius 1 is 1.18 bits per heavy atom. The number of carbonyl (C=O) groups excluding carboxylic acids is 2. The molecule has 0 heterocycles. The third-order valence-corrected chi connectivity index (χ3v) is 4.81. The third-order valence-electron chi connectivity index (χ3n) is 4.81.